The van der Waals surface area contributed by atoms with Gasteiger partial charge in [-0.3, -0.25) is 13.8 Å². The van der Waals surface area contributed by atoms with Crippen molar-refractivity contribution in [2.45, 2.75) is 17.7 Å². The second-order valence-electron chi connectivity index (χ2n) is 4.04. The Bertz CT molecular complexity index is 635. The zero-order chi connectivity index (χ0) is 16.6. The highest BCUT2D eigenvalue weighted by molar-refractivity contribution is 7.86. The van der Waals surface area contributed by atoms with E-state index in [1.165, 1.54) is 24.3 Å². The average Bonchev–Trinajstić information content (AvgIpc) is 2.50. The van der Waals surface area contributed by atoms with E-state index < -0.39 is 40.7 Å². The number of carbonyl (C=O) groups excluding carboxylic acids is 2. The molecule has 0 spiro atoms. The fourth-order valence-corrected chi connectivity index (χ4v) is 2.26. The molecule has 0 saturated carbocycles. The molecular formula is C13H14O8S. The van der Waals surface area contributed by atoms with Crippen LogP contribution in [0.1, 0.15) is 12.8 Å². The first kappa shape index (κ1) is 17.8. The molecule has 1 rings (SSSR count). The Morgan fingerprint density at radius 1 is 1.00 bits per heavy atom. The van der Waals surface area contributed by atoms with Crippen molar-refractivity contribution < 1.29 is 36.8 Å². The van der Waals surface area contributed by atoms with Gasteiger partial charge in [-0.15, -0.1) is 0 Å². The van der Waals surface area contributed by atoms with Crippen molar-refractivity contribution >= 4 is 27.8 Å². The number of carbonyl (C=O) groups is 3. The second kappa shape index (κ2) is 8.25. The zero-order valence-corrected chi connectivity index (χ0v) is 12.2. The Labute approximate surface area is 126 Å². The summed E-state index contributed by atoms with van der Waals surface area (Å²) in [5.41, 5.74) is 0. The number of carboxylic acids is 1. The van der Waals surface area contributed by atoms with Crippen LogP contribution in [-0.4, -0.2) is 44.5 Å². The Balaban J connectivity index is 2.29. The van der Waals surface area contributed by atoms with E-state index >= 15 is 0 Å². The number of ether oxygens (including phenoxy) is 1. The van der Waals surface area contributed by atoms with Gasteiger partial charge in [-0.1, -0.05) is 18.2 Å². The summed E-state index contributed by atoms with van der Waals surface area (Å²) >= 11 is 0. The summed E-state index contributed by atoms with van der Waals surface area (Å²) in [4.78, 5) is 32.2. The smallest absolute Gasteiger partial charge is 0.372 e. The first-order chi connectivity index (χ1) is 10.3. The Hall–Kier alpha value is -2.26. The summed E-state index contributed by atoms with van der Waals surface area (Å²) in [5, 5.41) is 8.32. The highest BCUT2D eigenvalue weighted by Crippen LogP contribution is 2.10. The molecule has 0 aromatic heterocycles. The van der Waals surface area contributed by atoms with Gasteiger partial charge in [-0.05, 0) is 12.1 Å². The summed E-state index contributed by atoms with van der Waals surface area (Å²) in [6.45, 7) is -0.706. The van der Waals surface area contributed by atoms with Crippen LogP contribution < -0.4 is 0 Å². The van der Waals surface area contributed by atoms with Crippen LogP contribution in [0.15, 0.2) is 35.2 Å². The molecule has 0 saturated heterocycles. The van der Waals surface area contributed by atoms with Crippen molar-refractivity contribution in [3.05, 3.63) is 30.3 Å². The molecule has 0 atom stereocenters. The summed E-state index contributed by atoms with van der Waals surface area (Å²) in [5.74, 6) is -3.53. The number of hydrogen-bond acceptors (Lipinski definition) is 7. The number of ketones is 1. The molecule has 1 aromatic carbocycles. The van der Waals surface area contributed by atoms with Crippen LogP contribution in [0.5, 0.6) is 0 Å². The SMILES string of the molecule is O=C(CCC(=O)C(=O)O)OCCOS(=O)(=O)c1ccccc1. The lowest BCUT2D eigenvalue weighted by Gasteiger charge is -2.06. The molecule has 0 heterocycles. The predicted octanol–water partition coefficient (Wildman–Crippen LogP) is 0.369. The quantitative estimate of drug-likeness (QED) is 0.298. The molecular weight excluding hydrogens is 316 g/mol. The third-order valence-corrected chi connectivity index (χ3v) is 3.74. The van der Waals surface area contributed by atoms with Gasteiger partial charge >= 0.3 is 11.9 Å². The predicted molar refractivity (Wildman–Crippen MR) is 72.4 cm³/mol. The van der Waals surface area contributed by atoms with Crippen LogP contribution in [0.3, 0.4) is 0 Å². The zero-order valence-electron chi connectivity index (χ0n) is 11.4. The molecule has 0 aliphatic carbocycles. The monoisotopic (exact) mass is 330 g/mol. The molecule has 0 fully saturated rings. The molecule has 1 aromatic rings. The molecule has 9 heteroatoms. The Kier molecular flexibility index (Phi) is 6.67. The van der Waals surface area contributed by atoms with Gasteiger partial charge in [0.2, 0.25) is 5.78 Å². The fourth-order valence-electron chi connectivity index (χ4n) is 1.35. The largest absolute Gasteiger partial charge is 0.476 e. The maximum atomic E-state index is 11.7. The topological polar surface area (TPSA) is 124 Å². The van der Waals surface area contributed by atoms with Gasteiger partial charge in [-0.25, -0.2) is 4.79 Å². The van der Waals surface area contributed by atoms with Crippen molar-refractivity contribution in [1.29, 1.82) is 0 Å². The minimum Gasteiger partial charge on any atom is -0.476 e. The van der Waals surface area contributed by atoms with E-state index in [2.05, 4.69) is 8.92 Å². The molecule has 22 heavy (non-hydrogen) atoms. The molecule has 0 bridgehead atoms. The van der Waals surface area contributed by atoms with Crippen molar-refractivity contribution in [2.24, 2.45) is 0 Å². The van der Waals surface area contributed by atoms with Gasteiger partial charge in [0.05, 0.1) is 11.3 Å². The molecule has 0 aliphatic heterocycles. The molecule has 0 amide bonds. The maximum absolute atomic E-state index is 11.7. The van der Waals surface area contributed by atoms with Gasteiger partial charge in [0.25, 0.3) is 10.1 Å². The minimum atomic E-state index is -3.92. The average molecular weight is 330 g/mol. The van der Waals surface area contributed by atoms with Gasteiger partial charge in [-0.2, -0.15) is 8.42 Å². The van der Waals surface area contributed by atoms with E-state index in [1.54, 1.807) is 6.07 Å². The summed E-state index contributed by atoms with van der Waals surface area (Å²) in [6.07, 6.45) is -0.867. The number of esters is 1. The number of aliphatic carboxylic acids is 1. The Morgan fingerprint density at radius 3 is 2.23 bits per heavy atom. The van der Waals surface area contributed by atoms with Crippen molar-refractivity contribution in [1.82, 2.24) is 0 Å². The molecule has 1 N–H and O–H groups in total. The standard InChI is InChI=1S/C13H14O8S/c14-11(13(16)17)6-7-12(15)20-8-9-21-22(18,19)10-4-2-1-3-5-10/h1-5H,6-9H2,(H,16,17). The normalized spacial score (nSPS) is 10.9. The third kappa shape index (κ3) is 6.02. The fraction of sp³-hybridized carbons (Fsp3) is 0.308. The van der Waals surface area contributed by atoms with Gasteiger partial charge in [0, 0.05) is 6.42 Å². The molecule has 0 aliphatic rings. The van der Waals surface area contributed by atoms with E-state index in [1.807, 2.05) is 0 Å². The van der Waals surface area contributed by atoms with Crippen LogP contribution in [0.2, 0.25) is 0 Å². The van der Waals surface area contributed by atoms with Crippen LogP contribution in [0, 0.1) is 0 Å². The number of hydrogen-bond donors (Lipinski definition) is 1. The molecule has 0 radical (unpaired) electrons. The molecule has 0 unspecified atom stereocenters. The molecule has 8 nitrogen and oxygen atoms in total. The summed E-state index contributed by atoms with van der Waals surface area (Å²) in [7, 11) is -3.92. The highest BCUT2D eigenvalue weighted by Gasteiger charge is 2.16. The summed E-state index contributed by atoms with van der Waals surface area (Å²) < 4.78 is 32.7. The Morgan fingerprint density at radius 2 is 1.64 bits per heavy atom. The van der Waals surface area contributed by atoms with Crippen LogP contribution in [0.4, 0.5) is 0 Å². The van der Waals surface area contributed by atoms with E-state index in [0.29, 0.717) is 0 Å². The van der Waals surface area contributed by atoms with Crippen molar-refractivity contribution in [3.63, 3.8) is 0 Å². The minimum absolute atomic E-state index is 0.0200. The van der Waals surface area contributed by atoms with Crippen molar-refractivity contribution in [2.75, 3.05) is 13.2 Å². The van der Waals surface area contributed by atoms with E-state index in [4.69, 9.17) is 5.11 Å². The lowest BCUT2D eigenvalue weighted by Crippen LogP contribution is -2.17. The lowest BCUT2D eigenvalue weighted by atomic mass is 10.2. The van der Waals surface area contributed by atoms with Crippen LogP contribution >= 0.6 is 0 Å². The summed E-state index contributed by atoms with van der Waals surface area (Å²) in [6, 6.07) is 7.45. The number of benzene rings is 1. The first-order valence-electron chi connectivity index (χ1n) is 6.19. The first-order valence-corrected chi connectivity index (χ1v) is 7.60. The van der Waals surface area contributed by atoms with Crippen LogP contribution in [0.25, 0.3) is 0 Å². The third-order valence-electron chi connectivity index (χ3n) is 2.41. The van der Waals surface area contributed by atoms with Gasteiger partial charge in [0.15, 0.2) is 0 Å². The van der Waals surface area contributed by atoms with E-state index in [0.717, 1.165) is 0 Å². The van der Waals surface area contributed by atoms with Crippen molar-refractivity contribution in [3.8, 4) is 0 Å². The molecule has 120 valence electrons. The van der Waals surface area contributed by atoms with E-state index in [9.17, 15) is 22.8 Å². The number of Topliss-reactive ketones (excluding diaryl/α,β-unsaturated/α-hetero) is 1. The maximum Gasteiger partial charge on any atom is 0.372 e. The van der Waals surface area contributed by atoms with Gasteiger partial charge in [0.1, 0.15) is 13.2 Å². The van der Waals surface area contributed by atoms with Gasteiger partial charge < -0.3 is 9.84 Å². The number of rotatable bonds is 9. The second-order valence-corrected chi connectivity index (χ2v) is 5.65. The van der Waals surface area contributed by atoms with Crippen LogP contribution in [-0.2, 0) is 33.4 Å². The number of carboxylic acid groups (broad SMARTS) is 1. The lowest BCUT2D eigenvalue weighted by molar-refractivity contribution is -0.151. The highest BCUT2D eigenvalue weighted by atomic mass is 32.2. The van der Waals surface area contributed by atoms with E-state index in [-0.39, 0.29) is 18.1 Å².